The number of nitrogens with one attached hydrogen (secondary N) is 1. The first-order valence-electron chi connectivity index (χ1n) is 11.7. The third-order valence-corrected chi connectivity index (χ3v) is 6.95. The fourth-order valence-electron chi connectivity index (χ4n) is 5.13. The quantitative estimate of drug-likeness (QED) is 0.382. The molecule has 4 rings (SSSR count). The summed E-state index contributed by atoms with van der Waals surface area (Å²) in [5.74, 6) is 0.834. The van der Waals surface area contributed by atoms with Crippen LogP contribution in [0.4, 0.5) is 4.79 Å². The number of carbonyl (C=O) groups is 3. The number of rotatable bonds is 7. The van der Waals surface area contributed by atoms with Crippen molar-refractivity contribution in [3.8, 4) is 11.5 Å². The SMILES string of the molecule is COc1ccc(C2(c3ccc(OC)cc3)NC(=O)N(Cc3c(C)cc(C)c(C(C)=O)c3C)C2=O)cc1. The zero-order chi connectivity index (χ0) is 26.2. The Labute approximate surface area is 211 Å². The average molecular weight is 487 g/mol. The monoisotopic (exact) mass is 486 g/mol. The predicted molar refractivity (Wildman–Crippen MR) is 137 cm³/mol. The number of carbonyl (C=O) groups excluding carboxylic acids is 3. The van der Waals surface area contributed by atoms with Crippen molar-refractivity contribution in [2.45, 2.75) is 39.8 Å². The third-order valence-electron chi connectivity index (χ3n) is 6.95. The second kappa shape index (κ2) is 9.49. The number of nitrogens with zero attached hydrogens (tertiary/aromatic N) is 1. The van der Waals surface area contributed by atoms with Gasteiger partial charge in [-0.05, 0) is 85.3 Å². The van der Waals surface area contributed by atoms with E-state index >= 15 is 0 Å². The number of urea groups is 1. The molecular weight excluding hydrogens is 456 g/mol. The number of hydrogen-bond donors (Lipinski definition) is 1. The van der Waals surface area contributed by atoms with E-state index < -0.39 is 17.5 Å². The van der Waals surface area contributed by atoms with Crippen molar-refractivity contribution in [1.29, 1.82) is 0 Å². The minimum absolute atomic E-state index is 0.0470. The smallest absolute Gasteiger partial charge is 0.325 e. The van der Waals surface area contributed by atoms with Crippen LogP contribution in [0.5, 0.6) is 11.5 Å². The van der Waals surface area contributed by atoms with Crippen LogP contribution in [0.2, 0.25) is 0 Å². The molecule has 0 unspecified atom stereocenters. The Morgan fingerprint density at radius 3 is 1.81 bits per heavy atom. The summed E-state index contributed by atoms with van der Waals surface area (Å²) >= 11 is 0. The molecule has 3 amide bonds. The molecule has 0 aromatic heterocycles. The second-order valence-corrected chi connectivity index (χ2v) is 9.07. The number of Topliss-reactive ketones (excluding diaryl/α,β-unsaturated/α-hetero) is 1. The van der Waals surface area contributed by atoms with Gasteiger partial charge in [-0.1, -0.05) is 30.3 Å². The highest BCUT2D eigenvalue weighted by atomic mass is 16.5. The van der Waals surface area contributed by atoms with Gasteiger partial charge in [0.2, 0.25) is 0 Å². The van der Waals surface area contributed by atoms with Gasteiger partial charge in [0.1, 0.15) is 11.5 Å². The molecule has 186 valence electrons. The summed E-state index contributed by atoms with van der Waals surface area (Å²) in [5, 5.41) is 2.97. The van der Waals surface area contributed by atoms with Crippen molar-refractivity contribution < 1.29 is 23.9 Å². The van der Waals surface area contributed by atoms with E-state index in [4.69, 9.17) is 9.47 Å². The van der Waals surface area contributed by atoms with Gasteiger partial charge in [0.05, 0.1) is 20.8 Å². The molecule has 1 N–H and O–H groups in total. The maximum atomic E-state index is 14.2. The Morgan fingerprint density at radius 2 is 1.36 bits per heavy atom. The fourth-order valence-corrected chi connectivity index (χ4v) is 5.13. The molecule has 3 aromatic rings. The number of benzene rings is 3. The highest BCUT2D eigenvalue weighted by Gasteiger charge is 2.53. The number of imide groups is 1. The lowest BCUT2D eigenvalue weighted by Gasteiger charge is -2.28. The number of hydrogen-bond acceptors (Lipinski definition) is 5. The van der Waals surface area contributed by atoms with Gasteiger partial charge in [0.15, 0.2) is 11.3 Å². The molecule has 7 nitrogen and oxygen atoms in total. The van der Waals surface area contributed by atoms with Crippen LogP contribution in [-0.4, -0.2) is 36.8 Å². The molecule has 7 heteroatoms. The first kappa shape index (κ1) is 25.0. The minimum Gasteiger partial charge on any atom is -0.497 e. The highest BCUT2D eigenvalue weighted by molar-refractivity contribution is 6.09. The molecule has 1 aliphatic rings. The number of amides is 3. The summed E-state index contributed by atoms with van der Waals surface area (Å²) in [6.07, 6.45) is 0. The molecule has 0 saturated carbocycles. The molecule has 1 aliphatic heterocycles. The van der Waals surface area contributed by atoms with Crippen LogP contribution >= 0.6 is 0 Å². The first-order valence-corrected chi connectivity index (χ1v) is 11.7. The van der Waals surface area contributed by atoms with Crippen molar-refractivity contribution in [3.05, 3.63) is 93.5 Å². The molecule has 36 heavy (non-hydrogen) atoms. The van der Waals surface area contributed by atoms with Crippen LogP contribution in [0.25, 0.3) is 0 Å². The molecule has 3 aromatic carbocycles. The van der Waals surface area contributed by atoms with Gasteiger partial charge in [-0.3, -0.25) is 14.5 Å². The topological polar surface area (TPSA) is 84.9 Å². The van der Waals surface area contributed by atoms with Gasteiger partial charge in [0, 0.05) is 5.56 Å². The molecule has 1 heterocycles. The van der Waals surface area contributed by atoms with Crippen LogP contribution in [-0.2, 0) is 16.9 Å². The largest absolute Gasteiger partial charge is 0.497 e. The maximum Gasteiger partial charge on any atom is 0.325 e. The van der Waals surface area contributed by atoms with E-state index in [1.54, 1.807) is 62.8 Å². The van der Waals surface area contributed by atoms with Crippen molar-refractivity contribution in [2.75, 3.05) is 14.2 Å². The van der Waals surface area contributed by atoms with Gasteiger partial charge in [-0.2, -0.15) is 0 Å². The normalized spacial score (nSPS) is 14.6. The molecule has 0 bridgehead atoms. The zero-order valence-electron chi connectivity index (χ0n) is 21.4. The summed E-state index contributed by atoms with van der Waals surface area (Å²) < 4.78 is 10.6. The Bertz CT molecular complexity index is 1300. The molecule has 0 radical (unpaired) electrons. The third kappa shape index (κ3) is 4.00. The lowest BCUT2D eigenvalue weighted by atomic mass is 9.82. The summed E-state index contributed by atoms with van der Waals surface area (Å²) in [6.45, 7) is 7.27. The zero-order valence-corrected chi connectivity index (χ0v) is 21.4. The van der Waals surface area contributed by atoms with Crippen LogP contribution in [0.3, 0.4) is 0 Å². The van der Waals surface area contributed by atoms with E-state index in [0.29, 0.717) is 28.2 Å². The van der Waals surface area contributed by atoms with E-state index in [2.05, 4.69) is 5.32 Å². The van der Waals surface area contributed by atoms with E-state index in [1.165, 1.54) is 11.8 Å². The predicted octanol–water partition coefficient (Wildman–Crippen LogP) is 4.83. The molecular formula is C29H30N2O5. The van der Waals surface area contributed by atoms with Gasteiger partial charge in [-0.25, -0.2) is 4.79 Å². The van der Waals surface area contributed by atoms with Crippen LogP contribution in [0.15, 0.2) is 54.6 Å². The standard InChI is InChI=1S/C29H30N2O5/c1-17-15-18(2)26(20(4)32)19(3)25(17)16-31-27(33)29(30-28(31)34,21-7-11-23(35-5)12-8-21)22-9-13-24(36-6)14-10-22/h7-15H,16H2,1-6H3,(H,30,34). The molecule has 0 spiro atoms. The summed E-state index contributed by atoms with van der Waals surface area (Å²) in [5.41, 5.74) is 3.78. The average Bonchev–Trinajstić information content (AvgIpc) is 3.11. The van der Waals surface area contributed by atoms with Crippen LogP contribution in [0, 0.1) is 20.8 Å². The van der Waals surface area contributed by atoms with Gasteiger partial charge in [-0.15, -0.1) is 0 Å². The number of aryl methyl sites for hydroxylation is 2. The van der Waals surface area contributed by atoms with Crippen molar-refractivity contribution in [1.82, 2.24) is 10.2 Å². The van der Waals surface area contributed by atoms with Crippen LogP contribution in [0.1, 0.15) is 50.7 Å². The Hall–Kier alpha value is -4.13. The van der Waals surface area contributed by atoms with Gasteiger partial charge >= 0.3 is 6.03 Å². The Morgan fingerprint density at radius 1 is 0.861 bits per heavy atom. The first-order chi connectivity index (χ1) is 17.1. The highest BCUT2D eigenvalue weighted by Crippen LogP contribution is 2.38. The lowest BCUT2D eigenvalue weighted by molar-refractivity contribution is -0.130. The Kier molecular flexibility index (Phi) is 6.59. The minimum atomic E-state index is -1.43. The van der Waals surface area contributed by atoms with Crippen LogP contribution < -0.4 is 14.8 Å². The lowest BCUT2D eigenvalue weighted by Crippen LogP contribution is -2.45. The van der Waals surface area contributed by atoms with E-state index in [9.17, 15) is 14.4 Å². The summed E-state index contributed by atoms with van der Waals surface area (Å²) in [4.78, 5) is 41.1. The number of ether oxygens (including phenoxy) is 2. The van der Waals surface area contributed by atoms with Crippen molar-refractivity contribution in [2.24, 2.45) is 0 Å². The molecule has 0 atom stereocenters. The maximum absolute atomic E-state index is 14.2. The van der Waals surface area contributed by atoms with Gasteiger partial charge < -0.3 is 14.8 Å². The van der Waals surface area contributed by atoms with Crippen molar-refractivity contribution in [3.63, 3.8) is 0 Å². The second-order valence-electron chi connectivity index (χ2n) is 9.07. The Balaban J connectivity index is 1.83. The molecule has 0 aliphatic carbocycles. The van der Waals surface area contributed by atoms with E-state index in [-0.39, 0.29) is 12.3 Å². The molecule has 1 fully saturated rings. The van der Waals surface area contributed by atoms with E-state index in [1.807, 2.05) is 26.8 Å². The molecule has 1 saturated heterocycles. The number of ketones is 1. The van der Waals surface area contributed by atoms with Gasteiger partial charge in [0.25, 0.3) is 5.91 Å². The fraction of sp³-hybridized carbons (Fsp3) is 0.276. The van der Waals surface area contributed by atoms with E-state index in [0.717, 1.165) is 22.3 Å². The summed E-state index contributed by atoms with van der Waals surface area (Å²) in [7, 11) is 3.14. The number of methoxy groups -OCH3 is 2. The van der Waals surface area contributed by atoms with Crippen molar-refractivity contribution >= 4 is 17.7 Å². The summed E-state index contributed by atoms with van der Waals surface area (Å²) in [6, 6.07) is 15.6.